The number of hydrogen-bond donors (Lipinski definition) is 3. The van der Waals surface area contributed by atoms with E-state index in [9.17, 15) is 5.11 Å². The molecule has 0 amide bonds. The first-order chi connectivity index (χ1) is 15.7. The first-order valence-electron chi connectivity index (χ1n) is 10.2. The van der Waals surface area contributed by atoms with Gasteiger partial charge >= 0.3 is 0 Å². The zero-order valence-electron chi connectivity index (χ0n) is 17.4. The molecule has 32 heavy (non-hydrogen) atoms. The van der Waals surface area contributed by atoms with Gasteiger partial charge in [-0.3, -0.25) is 4.57 Å². The summed E-state index contributed by atoms with van der Waals surface area (Å²) in [4.78, 5) is 14.2. The lowest BCUT2D eigenvalue weighted by Gasteiger charge is -2.16. The van der Waals surface area contributed by atoms with E-state index >= 15 is 0 Å². The Kier molecular flexibility index (Phi) is 5.17. The summed E-state index contributed by atoms with van der Waals surface area (Å²) in [5, 5.41) is 16.6. The average Bonchev–Trinajstić information content (AvgIpc) is 3.25. The van der Waals surface area contributed by atoms with Crippen LogP contribution in [-0.4, -0.2) is 33.3 Å². The average molecular weight is 426 g/mol. The van der Waals surface area contributed by atoms with Crippen LogP contribution in [0.25, 0.3) is 0 Å². The molecule has 0 fully saturated rings. The van der Waals surface area contributed by atoms with Gasteiger partial charge in [0.25, 0.3) is 0 Å². The van der Waals surface area contributed by atoms with E-state index in [0.717, 1.165) is 16.9 Å². The number of hydrogen-bond acceptors (Lipinski definition) is 7. The molecule has 2 heterocycles. The van der Waals surface area contributed by atoms with Gasteiger partial charge in [0.05, 0.1) is 18.8 Å². The summed E-state index contributed by atoms with van der Waals surface area (Å²) in [7, 11) is 1.54. The topological polar surface area (TPSA) is 96.6 Å². The molecule has 0 spiro atoms. The molecule has 0 aliphatic carbocycles. The molecule has 0 radical (unpaired) electrons. The zero-order chi connectivity index (χ0) is 21.9. The van der Waals surface area contributed by atoms with Gasteiger partial charge < -0.3 is 20.5 Å². The van der Waals surface area contributed by atoms with Crippen LogP contribution >= 0.6 is 0 Å². The van der Waals surface area contributed by atoms with Crippen LogP contribution in [0.2, 0.25) is 0 Å². The highest BCUT2D eigenvalue weighted by atomic mass is 16.5. The minimum absolute atomic E-state index is 0.0975. The monoisotopic (exact) mass is 426 g/mol. The third-order valence-electron chi connectivity index (χ3n) is 5.23. The van der Waals surface area contributed by atoms with Crippen LogP contribution in [0.15, 0.2) is 83.9 Å². The largest absolute Gasteiger partial charge is 0.504 e. The van der Waals surface area contributed by atoms with Gasteiger partial charge in [-0.25, -0.2) is 4.99 Å². The minimum Gasteiger partial charge on any atom is -0.504 e. The number of para-hydroxylation sites is 2. The molecule has 1 atom stereocenters. The quantitative estimate of drug-likeness (QED) is 0.447. The number of phenols is 1. The maximum absolute atomic E-state index is 10.0. The molecular formula is C24H22N6O2. The number of ether oxygens (including phenoxy) is 1. The highest BCUT2D eigenvalue weighted by Crippen LogP contribution is 2.33. The normalized spacial score (nSPS) is 15.2. The van der Waals surface area contributed by atoms with Crippen molar-refractivity contribution >= 4 is 23.3 Å². The molecule has 3 aromatic carbocycles. The molecule has 3 N–H and O–H groups in total. The number of benzene rings is 3. The summed E-state index contributed by atoms with van der Waals surface area (Å²) < 4.78 is 7.27. The van der Waals surface area contributed by atoms with E-state index in [-0.39, 0.29) is 11.8 Å². The van der Waals surface area contributed by atoms with Gasteiger partial charge in [-0.15, -0.1) is 0 Å². The van der Waals surface area contributed by atoms with E-state index in [4.69, 9.17) is 14.7 Å². The number of methoxy groups -OCH3 is 1. The second-order valence-electron chi connectivity index (χ2n) is 7.31. The smallest absolute Gasteiger partial charge is 0.236 e. The van der Waals surface area contributed by atoms with E-state index in [1.165, 1.54) is 7.11 Å². The van der Waals surface area contributed by atoms with Crippen LogP contribution in [0, 0.1) is 0 Å². The van der Waals surface area contributed by atoms with Crippen molar-refractivity contribution in [2.24, 2.45) is 4.99 Å². The summed E-state index contributed by atoms with van der Waals surface area (Å²) in [6.07, 6.45) is 0. The van der Waals surface area contributed by atoms with Crippen LogP contribution < -0.4 is 21.0 Å². The molecule has 0 bridgehead atoms. The first kappa shape index (κ1) is 19.6. The SMILES string of the molecule is COc1cc(C2CNc3nc(Nc4ccccc4)nc(=Nc4ccccc4)n32)ccc1O. The summed E-state index contributed by atoms with van der Waals surface area (Å²) in [5.74, 6) is 1.63. The Hall–Kier alpha value is -4.33. The number of phenolic OH excluding ortho intramolecular Hbond substituents is 1. The van der Waals surface area contributed by atoms with Crippen LogP contribution in [0.4, 0.5) is 23.3 Å². The van der Waals surface area contributed by atoms with Crippen LogP contribution in [-0.2, 0) is 0 Å². The van der Waals surface area contributed by atoms with Crippen LogP contribution in [0.5, 0.6) is 11.5 Å². The minimum atomic E-state index is -0.118. The van der Waals surface area contributed by atoms with Crippen molar-refractivity contribution in [1.29, 1.82) is 0 Å². The highest BCUT2D eigenvalue weighted by molar-refractivity contribution is 5.54. The molecule has 0 saturated heterocycles. The van der Waals surface area contributed by atoms with E-state index < -0.39 is 0 Å². The predicted octanol–water partition coefficient (Wildman–Crippen LogP) is 3.98. The van der Waals surface area contributed by atoms with Gasteiger partial charge in [0.1, 0.15) is 0 Å². The first-order valence-corrected chi connectivity index (χ1v) is 10.2. The Morgan fingerprint density at radius 1 is 1.03 bits per heavy atom. The third kappa shape index (κ3) is 3.85. The van der Waals surface area contributed by atoms with Crippen molar-refractivity contribution in [1.82, 2.24) is 14.5 Å². The molecule has 8 nitrogen and oxygen atoms in total. The molecule has 0 saturated carbocycles. The van der Waals surface area contributed by atoms with Crippen LogP contribution in [0.3, 0.4) is 0 Å². The van der Waals surface area contributed by atoms with E-state index in [1.807, 2.05) is 77.4 Å². The molecule has 1 unspecified atom stereocenters. The maximum Gasteiger partial charge on any atom is 0.236 e. The fourth-order valence-electron chi connectivity index (χ4n) is 3.69. The van der Waals surface area contributed by atoms with Gasteiger partial charge in [0, 0.05) is 12.2 Å². The molecule has 1 aliphatic rings. The lowest BCUT2D eigenvalue weighted by molar-refractivity contribution is 0.372. The van der Waals surface area contributed by atoms with E-state index in [2.05, 4.69) is 15.6 Å². The molecule has 1 aromatic heterocycles. The van der Waals surface area contributed by atoms with Crippen LogP contribution in [0.1, 0.15) is 11.6 Å². The van der Waals surface area contributed by atoms with Crippen molar-refractivity contribution in [3.8, 4) is 11.5 Å². The summed E-state index contributed by atoms with van der Waals surface area (Å²) in [5.41, 5.74) is 3.15. The fourth-order valence-corrected chi connectivity index (χ4v) is 3.69. The Balaban J connectivity index is 1.64. The molecule has 5 rings (SSSR count). The van der Waals surface area contributed by atoms with Crippen molar-refractivity contribution in [2.45, 2.75) is 6.04 Å². The second-order valence-corrected chi connectivity index (χ2v) is 7.31. The second kappa shape index (κ2) is 8.43. The number of aromatic nitrogens is 3. The lowest BCUT2D eigenvalue weighted by atomic mass is 10.1. The molecule has 8 heteroatoms. The fraction of sp³-hybridized carbons (Fsp3) is 0.125. The van der Waals surface area contributed by atoms with Gasteiger partial charge in [0.2, 0.25) is 17.5 Å². The molecular weight excluding hydrogens is 404 g/mol. The van der Waals surface area contributed by atoms with Gasteiger partial charge in [0.15, 0.2) is 11.5 Å². The predicted molar refractivity (Wildman–Crippen MR) is 123 cm³/mol. The lowest BCUT2D eigenvalue weighted by Crippen LogP contribution is -2.28. The molecule has 160 valence electrons. The highest BCUT2D eigenvalue weighted by Gasteiger charge is 2.27. The summed E-state index contributed by atoms with van der Waals surface area (Å²) in [6, 6.07) is 24.7. The number of anilines is 3. The van der Waals surface area contributed by atoms with Crippen molar-refractivity contribution < 1.29 is 9.84 Å². The van der Waals surface area contributed by atoms with Crippen molar-refractivity contribution in [2.75, 3.05) is 24.3 Å². The number of nitrogens with zero attached hydrogens (tertiary/aromatic N) is 4. The number of fused-ring (bicyclic) bond motifs is 1. The maximum atomic E-state index is 10.0. The van der Waals surface area contributed by atoms with Gasteiger partial charge in [-0.05, 0) is 42.0 Å². The number of nitrogens with one attached hydrogen (secondary N) is 2. The molecule has 1 aliphatic heterocycles. The van der Waals surface area contributed by atoms with Gasteiger partial charge in [-0.2, -0.15) is 9.97 Å². The summed E-state index contributed by atoms with van der Waals surface area (Å²) >= 11 is 0. The standard InChI is InChI=1S/C24H22N6O2/c1-32-21-14-16(12-13-20(21)31)19-15-25-23-28-22(26-17-8-4-2-5-9-17)29-24(30(19)23)27-18-10-6-3-7-11-18/h2-14,19,31H,15H2,1H3,(H2,25,26,27,28,29). The third-order valence-corrected chi connectivity index (χ3v) is 5.23. The molecule has 4 aromatic rings. The van der Waals surface area contributed by atoms with Gasteiger partial charge in [-0.1, -0.05) is 42.5 Å². The zero-order valence-corrected chi connectivity index (χ0v) is 17.4. The Labute approximate surface area is 184 Å². The Morgan fingerprint density at radius 2 is 1.78 bits per heavy atom. The number of aromatic hydroxyl groups is 1. The van der Waals surface area contributed by atoms with E-state index in [1.54, 1.807) is 6.07 Å². The number of rotatable bonds is 5. The Morgan fingerprint density at radius 3 is 2.53 bits per heavy atom. The van der Waals surface area contributed by atoms with Crippen molar-refractivity contribution in [3.63, 3.8) is 0 Å². The van der Waals surface area contributed by atoms with E-state index in [0.29, 0.717) is 29.8 Å². The summed E-state index contributed by atoms with van der Waals surface area (Å²) in [6.45, 7) is 0.606. The van der Waals surface area contributed by atoms with Crippen molar-refractivity contribution in [3.05, 3.63) is 90.0 Å². The Bertz CT molecular complexity index is 1310.